The first-order valence-corrected chi connectivity index (χ1v) is 7.70. The monoisotopic (exact) mass is 269 g/mol. The topological polar surface area (TPSA) is 75.9 Å². The van der Waals surface area contributed by atoms with Gasteiger partial charge < -0.3 is 10.7 Å². The Morgan fingerprint density at radius 2 is 1.89 bits per heavy atom. The number of nitrogen functional groups attached to an aromatic ring is 1. The van der Waals surface area contributed by atoms with Crippen molar-refractivity contribution in [3.05, 3.63) is 11.9 Å². The number of unbranched alkanes of at least 4 members (excludes halogenated alkanes) is 3. The fraction of sp³-hybridized carbons (Fsp3) is 0.667. The third-order valence-electron chi connectivity index (χ3n) is 2.79. The molecule has 0 spiro atoms. The molecule has 0 atom stereocenters. The zero-order valence-corrected chi connectivity index (χ0v) is 12.0. The van der Waals surface area contributed by atoms with Crippen LogP contribution in [0.4, 0.5) is 11.6 Å². The highest BCUT2D eigenvalue weighted by Crippen LogP contribution is 2.17. The van der Waals surface area contributed by atoms with Gasteiger partial charge in [-0.05, 0) is 31.8 Å². The van der Waals surface area contributed by atoms with Gasteiger partial charge >= 0.3 is 0 Å². The van der Waals surface area contributed by atoms with Crippen LogP contribution in [0.25, 0.3) is 0 Å². The summed E-state index contributed by atoms with van der Waals surface area (Å²) in [5.41, 5.74) is 3.53. The van der Waals surface area contributed by atoms with E-state index in [9.17, 15) is 0 Å². The van der Waals surface area contributed by atoms with Crippen LogP contribution >= 0.6 is 11.8 Å². The molecule has 1 rings (SSSR count). The van der Waals surface area contributed by atoms with E-state index >= 15 is 0 Å². The summed E-state index contributed by atoms with van der Waals surface area (Å²) in [6, 6.07) is 0. The van der Waals surface area contributed by atoms with Crippen molar-refractivity contribution < 1.29 is 0 Å². The normalized spacial score (nSPS) is 10.4. The Labute approximate surface area is 113 Å². The summed E-state index contributed by atoms with van der Waals surface area (Å²) in [6.07, 6.45) is 8.73. The largest absolute Gasteiger partial charge is 0.370 e. The molecule has 4 N–H and O–H groups in total. The summed E-state index contributed by atoms with van der Waals surface area (Å²) < 4.78 is 0. The predicted octanol–water partition coefficient (Wildman–Crippen LogP) is 2.41. The van der Waals surface area contributed by atoms with Crippen LogP contribution in [0.1, 0.15) is 31.2 Å². The van der Waals surface area contributed by atoms with E-state index in [0.29, 0.717) is 5.82 Å². The van der Waals surface area contributed by atoms with Crippen LogP contribution < -0.4 is 16.6 Å². The second-order valence-corrected chi connectivity index (χ2v) is 5.16. The van der Waals surface area contributed by atoms with Crippen LogP contribution in [-0.4, -0.2) is 28.5 Å². The molecular weight excluding hydrogens is 246 g/mol. The van der Waals surface area contributed by atoms with Gasteiger partial charge in [0.2, 0.25) is 0 Å². The molecule has 0 unspecified atom stereocenters. The number of nitrogens with one attached hydrogen (secondary N) is 2. The van der Waals surface area contributed by atoms with Gasteiger partial charge in [0.05, 0.1) is 0 Å². The van der Waals surface area contributed by atoms with Gasteiger partial charge in [-0.25, -0.2) is 15.8 Å². The van der Waals surface area contributed by atoms with Crippen molar-refractivity contribution in [2.45, 2.75) is 32.6 Å². The first-order valence-electron chi connectivity index (χ1n) is 6.30. The summed E-state index contributed by atoms with van der Waals surface area (Å²) in [5, 5.41) is 3.33. The van der Waals surface area contributed by atoms with E-state index in [0.717, 1.165) is 17.9 Å². The number of aromatic nitrogens is 2. The summed E-state index contributed by atoms with van der Waals surface area (Å²) in [6.45, 7) is 2.90. The lowest BCUT2D eigenvalue weighted by atomic mass is 10.2. The molecule has 0 amide bonds. The Morgan fingerprint density at radius 3 is 2.61 bits per heavy atom. The number of nitrogens with zero attached hydrogens (tertiary/aromatic N) is 2. The third kappa shape index (κ3) is 5.10. The molecule has 5 nitrogen and oxygen atoms in total. The minimum Gasteiger partial charge on any atom is -0.370 e. The van der Waals surface area contributed by atoms with Gasteiger partial charge in [0.15, 0.2) is 0 Å². The fourth-order valence-electron chi connectivity index (χ4n) is 1.71. The van der Waals surface area contributed by atoms with Gasteiger partial charge in [-0.2, -0.15) is 11.8 Å². The van der Waals surface area contributed by atoms with Crippen molar-refractivity contribution in [1.82, 2.24) is 9.97 Å². The standard InChI is InChI=1S/C12H23N5S/c1-10-11(15-9-16-12(10)17-13)14-7-5-3-4-6-8-18-2/h9H,3-8,13H2,1-2H3,(H2,14,15,16,17). The van der Waals surface area contributed by atoms with E-state index in [2.05, 4.69) is 27.0 Å². The van der Waals surface area contributed by atoms with E-state index in [4.69, 9.17) is 5.84 Å². The van der Waals surface area contributed by atoms with Gasteiger partial charge in [-0.1, -0.05) is 12.8 Å². The smallest absolute Gasteiger partial charge is 0.148 e. The van der Waals surface area contributed by atoms with Crippen molar-refractivity contribution in [2.75, 3.05) is 29.3 Å². The van der Waals surface area contributed by atoms with Crippen LogP contribution in [0.2, 0.25) is 0 Å². The Hall–Kier alpha value is -1.01. The van der Waals surface area contributed by atoms with E-state index < -0.39 is 0 Å². The van der Waals surface area contributed by atoms with Crippen LogP contribution in [-0.2, 0) is 0 Å². The Balaban J connectivity index is 2.23. The average Bonchev–Trinajstić information content (AvgIpc) is 2.39. The molecule has 0 radical (unpaired) electrons. The first kappa shape index (κ1) is 15.0. The van der Waals surface area contributed by atoms with Gasteiger partial charge in [0.1, 0.15) is 18.0 Å². The summed E-state index contributed by atoms with van der Waals surface area (Å²) in [7, 11) is 0. The van der Waals surface area contributed by atoms with Crippen molar-refractivity contribution in [1.29, 1.82) is 0 Å². The molecule has 0 saturated heterocycles. The Kier molecular flexibility index (Phi) is 7.52. The summed E-state index contributed by atoms with van der Waals surface area (Å²) in [5.74, 6) is 8.18. The Bertz CT molecular complexity index is 345. The molecule has 1 heterocycles. The molecule has 6 heteroatoms. The highest BCUT2D eigenvalue weighted by Gasteiger charge is 2.04. The van der Waals surface area contributed by atoms with Crippen molar-refractivity contribution in [3.8, 4) is 0 Å². The number of anilines is 2. The zero-order valence-electron chi connectivity index (χ0n) is 11.2. The molecule has 0 aromatic carbocycles. The molecule has 0 saturated carbocycles. The lowest BCUT2D eigenvalue weighted by molar-refractivity contribution is 0.688. The number of hydrogen-bond acceptors (Lipinski definition) is 6. The second-order valence-electron chi connectivity index (χ2n) is 4.17. The second kappa shape index (κ2) is 8.99. The maximum atomic E-state index is 5.37. The highest BCUT2D eigenvalue weighted by atomic mass is 32.2. The number of thioether (sulfide) groups is 1. The van der Waals surface area contributed by atoms with Crippen molar-refractivity contribution >= 4 is 23.4 Å². The molecule has 18 heavy (non-hydrogen) atoms. The SMILES string of the molecule is CSCCCCCCNc1ncnc(NN)c1C. The van der Waals surface area contributed by atoms with Crippen LogP contribution in [0.3, 0.4) is 0 Å². The van der Waals surface area contributed by atoms with Crippen LogP contribution in [0.5, 0.6) is 0 Å². The van der Waals surface area contributed by atoms with Crippen LogP contribution in [0.15, 0.2) is 6.33 Å². The molecular formula is C12H23N5S. The van der Waals surface area contributed by atoms with Crippen molar-refractivity contribution in [2.24, 2.45) is 5.84 Å². The van der Waals surface area contributed by atoms with E-state index in [1.807, 2.05) is 18.7 Å². The minimum atomic E-state index is 0.674. The molecule has 0 fully saturated rings. The van der Waals surface area contributed by atoms with Gasteiger partial charge in [-0.3, -0.25) is 0 Å². The van der Waals surface area contributed by atoms with E-state index in [1.165, 1.54) is 37.8 Å². The highest BCUT2D eigenvalue weighted by molar-refractivity contribution is 7.98. The first-order chi connectivity index (χ1) is 8.79. The lowest BCUT2D eigenvalue weighted by Crippen LogP contribution is -2.13. The number of hydrogen-bond donors (Lipinski definition) is 3. The Morgan fingerprint density at radius 1 is 1.17 bits per heavy atom. The fourth-order valence-corrected chi connectivity index (χ4v) is 2.20. The van der Waals surface area contributed by atoms with Crippen LogP contribution in [0, 0.1) is 6.92 Å². The van der Waals surface area contributed by atoms with Gasteiger partial charge in [-0.15, -0.1) is 0 Å². The minimum absolute atomic E-state index is 0.674. The molecule has 0 bridgehead atoms. The molecule has 0 aliphatic carbocycles. The zero-order chi connectivity index (χ0) is 13.2. The molecule has 1 aromatic heterocycles. The van der Waals surface area contributed by atoms with Gasteiger partial charge in [0, 0.05) is 12.1 Å². The van der Waals surface area contributed by atoms with Crippen molar-refractivity contribution in [3.63, 3.8) is 0 Å². The van der Waals surface area contributed by atoms with E-state index in [1.54, 1.807) is 0 Å². The maximum absolute atomic E-state index is 5.37. The van der Waals surface area contributed by atoms with Gasteiger partial charge in [0.25, 0.3) is 0 Å². The maximum Gasteiger partial charge on any atom is 0.148 e. The molecule has 0 aliphatic rings. The summed E-state index contributed by atoms with van der Waals surface area (Å²) in [4.78, 5) is 8.26. The molecule has 102 valence electrons. The lowest BCUT2D eigenvalue weighted by Gasteiger charge is -2.10. The third-order valence-corrected chi connectivity index (χ3v) is 3.49. The molecule has 1 aromatic rings. The summed E-state index contributed by atoms with van der Waals surface area (Å²) >= 11 is 1.92. The van der Waals surface area contributed by atoms with E-state index in [-0.39, 0.29) is 0 Å². The average molecular weight is 269 g/mol. The number of hydrazine groups is 1. The number of rotatable bonds is 9. The number of nitrogens with two attached hydrogens (primary N) is 1. The quantitative estimate of drug-likeness (QED) is 0.363. The predicted molar refractivity (Wildman–Crippen MR) is 79.9 cm³/mol. The molecule has 0 aliphatic heterocycles.